The van der Waals surface area contributed by atoms with Crippen molar-refractivity contribution in [1.29, 1.82) is 0 Å². The fraction of sp³-hybridized carbons (Fsp3) is 0.0769. The van der Waals surface area contributed by atoms with Crippen LogP contribution in [0.2, 0.25) is 5.02 Å². The van der Waals surface area contributed by atoms with Crippen LogP contribution in [0.25, 0.3) is 16.9 Å². The lowest BCUT2D eigenvalue weighted by Gasteiger charge is -2.01. The highest BCUT2D eigenvalue weighted by atomic mass is 35.5. The van der Waals surface area contributed by atoms with Gasteiger partial charge in [-0.2, -0.15) is 5.10 Å². The van der Waals surface area contributed by atoms with Crippen molar-refractivity contribution in [3.63, 3.8) is 0 Å². The molecule has 0 radical (unpaired) electrons. The molecule has 2 heterocycles. The standard InChI is InChI=1S/C13H10ClN3/c1-9-8-17-13(15-9)7-6-12(16-17)10-2-4-11(14)5-3-10/h2-8H,1H3. The van der Waals surface area contributed by atoms with Crippen molar-refractivity contribution < 1.29 is 0 Å². The molecule has 0 atom stereocenters. The predicted octanol–water partition coefficient (Wildman–Crippen LogP) is 3.36. The lowest BCUT2D eigenvalue weighted by molar-refractivity contribution is 0.941. The number of benzene rings is 1. The van der Waals surface area contributed by atoms with Gasteiger partial charge in [-0.15, -0.1) is 0 Å². The number of halogens is 1. The maximum absolute atomic E-state index is 5.86. The number of fused-ring (bicyclic) bond motifs is 1. The number of rotatable bonds is 1. The topological polar surface area (TPSA) is 30.2 Å². The summed E-state index contributed by atoms with van der Waals surface area (Å²) in [5, 5.41) is 5.24. The molecule has 3 rings (SSSR count). The Hall–Kier alpha value is -1.87. The zero-order chi connectivity index (χ0) is 11.8. The predicted molar refractivity (Wildman–Crippen MR) is 68.2 cm³/mol. The Morgan fingerprint density at radius 2 is 1.82 bits per heavy atom. The number of aromatic nitrogens is 3. The molecule has 4 heteroatoms. The first-order valence-electron chi connectivity index (χ1n) is 5.31. The van der Waals surface area contributed by atoms with Crippen LogP contribution in [0, 0.1) is 6.92 Å². The summed E-state index contributed by atoms with van der Waals surface area (Å²) in [6.07, 6.45) is 1.91. The van der Waals surface area contributed by atoms with Gasteiger partial charge in [-0.3, -0.25) is 0 Å². The van der Waals surface area contributed by atoms with E-state index in [1.165, 1.54) is 0 Å². The van der Waals surface area contributed by atoms with E-state index in [0.29, 0.717) is 0 Å². The van der Waals surface area contributed by atoms with E-state index in [9.17, 15) is 0 Å². The van der Waals surface area contributed by atoms with Gasteiger partial charge >= 0.3 is 0 Å². The number of hydrogen-bond acceptors (Lipinski definition) is 2. The van der Waals surface area contributed by atoms with Crippen LogP contribution in [0.3, 0.4) is 0 Å². The SMILES string of the molecule is Cc1cn2nc(-c3ccc(Cl)cc3)ccc2n1. The van der Waals surface area contributed by atoms with Crippen molar-refractivity contribution in [2.24, 2.45) is 0 Å². The third-order valence-electron chi connectivity index (χ3n) is 2.58. The van der Waals surface area contributed by atoms with Crippen LogP contribution in [0.15, 0.2) is 42.6 Å². The first-order valence-corrected chi connectivity index (χ1v) is 5.69. The fourth-order valence-electron chi connectivity index (χ4n) is 1.78. The molecule has 0 amide bonds. The molecule has 0 saturated carbocycles. The maximum Gasteiger partial charge on any atom is 0.153 e. The van der Waals surface area contributed by atoms with Crippen LogP contribution in [-0.2, 0) is 0 Å². The fourth-order valence-corrected chi connectivity index (χ4v) is 1.90. The lowest BCUT2D eigenvalue weighted by Crippen LogP contribution is -1.92. The summed E-state index contributed by atoms with van der Waals surface area (Å²) in [7, 11) is 0. The first-order chi connectivity index (χ1) is 8.22. The van der Waals surface area contributed by atoms with Crippen LogP contribution in [0.4, 0.5) is 0 Å². The summed E-state index contributed by atoms with van der Waals surface area (Å²) in [5.74, 6) is 0. The Bertz CT molecular complexity index is 671. The number of hydrogen-bond donors (Lipinski definition) is 0. The Labute approximate surface area is 104 Å². The molecule has 1 aromatic carbocycles. The van der Waals surface area contributed by atoms with Crippen molar-refractivity contribution in [3.05, 3.63) is 53.3 Å². The highest BCUT2D eigenvalue weighted by molar-refractivity contribution is 6.30. The first kappa shape index (κ1) is 10.3. The van der Waals surface area contributed by atoms with Crippen molar-refractivity contribution in [2.45, 2.75) is 6.92 Å². The third kappa shape index (κ3) is 1.89. The highest BCUT2D eigenvalue weighted by Gasteiger charge is 2.03. The van der Waals surface area contributed by atoms with Crippen molar-refractivity contribution >= 4 is 17.2 Å². The quantitative estimate of drug-likeness (QED) is 0.656. The van der Waals surface area contributed by atoms with E-state index in [2.05, 4.69) is 10.1 Å². The molecule has 17 heavy (non-hydrogen) atoms. The lowest BCUT2D eigenvalue weighted by atomic mass is 10.1. The Morgan fingerprint density at radius 1 is 1.06 bits per heavy atom. The van der Waals surface area contributed by atoms with Crippen molar-refractivity contribution in [3.8, 4) is 11.3 Å². The average molecular weight is 244 g/mol. The molecule has 0 unspecified atom stereocenters. The molecule has 0 fully saturated rings. The van der Waals surface area contributed by atoms with E-state index < -0.39 is 0 Å². The molecule has 0 bridgehead atoms. The molecule has 0 spiro atoms. The minimum absolute atomic E-state index is 0.730. The second-order valence-electron chi connectivity index (χ2n) is 3.91. The van der Waals surface area contributed by atoms with E-state index in [1.807, 2.05) is 49.5 Å². The van der Waals surface area contributed by atoms with Crippen LogP contribution in [0.5, 0.6) is 0 Å². The zero-order valence-electron chi connectivity index (χ0n) is 9.26. The summed E-state index contributed by atoms with van der Waals surface area (Å²) in [5.41, 5.74) is 3.78. The summed E-state index contributed by atoms with van der Waals surface area (Å²) >= 11 is 5.86. The minimum Gasteiger partial charge on any atom is -0.232 e. The Kier molecular flexibility index (Phi) is 2.34. The van der Waals surface area contributed by atoms with Gasteiger partial charge in [0.15, 0.2) is 5.65 Å². The molecule has 0 aliphatic rings. The van der Waals surface area contributed by atoms with Gasteiger partial charge in [0.2, 0.25) is 0 Å². The van der Waals surface area contributed by atoms with Gasteiger partial charge in [0.1, 0.15) is 0 Å². The molecule has 0 aliphatic carbocycles. The Morgan fingerprint density at radius 3 is 2.59 bits per heavy atom. The van der Waals surface area contributed by atoms with Gasteiger partial charge in [-0.1, -0.05) is 23.7 Å². The van der Waals surface area contributed by atoms with Crippen LogP contribution < -0.4 is 0 Å². The second kappa shape index (κ2) is 3.86. The maximum atomic E-state index is 5.86. The van der Waals surface area contributed by atoms with Crippen LogP contribution in [0.1, 0.15) is 5.69 Å². The average Bonchev–Trinajstić information content (AvgIpc) is 2.69. The van der Waals surface area contributed by atoms with Gasteiger partial charge in [-0.05, 0) is 31.2 Å². The second-order valence-corrected chi connectivity index (χ2v) is 4.35. The van der Waals surface area contributed by atoms with Crippen molar-refractivity contribution in [1.82, 2.24) is 14.6 Å². The van der Waals surface area contributed by atoms with Crippen LogP contribution >= 0.6 is 11.6 Å². The third-order valence-corrected chi connectivity index (χ3v) is 2.83. The normalized spacial score (nSPS) is 10.9. The summed E-state index contributed by atoms with van der Waals surface area (Å²) in [6, 6.07) is 11.6. The molecular weight excluding hydrogens is 234 g/mol. The minimum atomic E-state index is 0.730. The monoisotopic (exact) mass is 243 g/mol. The van der Waals surface area contributed by atoms with Gasteiger partial charge in [-0.25, -0.2) is 9.50 Å². The summed E-state index contributed by atoms with van der Waals surface area (Å²) in [4.78, 5) is 4.34. The van der Waals surface area contributed by atoms with Gasteiger partial charge in [0.05, 0.1) is 17.6 Å². The summed E-state index contributed by atoms with van der Waals surface area (Å²) < 4.78 is 1.79. The highest BCUT2D eigenvalue weighted by Crippen LogP contribution is 2.19. The number of aryl methyl sites for hydroxylation is 1. The molecule has 3 aromatic rings. The van der Waals surface area contributed by atoms with E-state index in [1.54, 1.807) is 4.52 Å². The van der Waals surface area contributed by atoms with E-state index >= 15 is 0 Å². The van der Waals surface area contributed by atoms with E-state index in [0.717, 1.165) is 27.6 Å². The van der Waals surface area contributed by atoms with E-state index in [4.69, 9.17) is 11.6 Å². The van der Waals surface area contributed by atoms with Gasteiger partial charge < -0.3 is 0 Å². The Balaban J connectivity index is 2.13. The molecule has 0 aliphatic heterocycles. The van der Waals surface area contributed by atoms with Crippen molar-refractivity contribution in [2.75, 3.05) is 0 Å². The van der Waals surface area contributed by atoms with Gasteiger partial charge in [0.25, 0.3) is 0 Å². The molecule has 84 valence electrons. The molecule has 3 nitrogen and oxygen atoms in total. The molecule has 2 aromatic heterocycles. The molecule has 0 saturated heterocycles. The largest absolute Gasteiger partial charge is 0.232 e. The zero-order valence-corrected chi connectivity index (χ0v) is 10.0. The summed E-state index contributed by atoms with van der Waals surface area (Å²) in [6.45, 7) is 1.96. The molecular formula is C13H10ClN3. The number of nitrogens with zero attached hydrogens (tertiary/aromatic N) is 3. The number of imidazole rings is 1. The van der Waals surface area contributed by atoms with Crippen LogP contribution in [-0.4, -0.2) is 14.6 Å². The van der Waals surface area contributed by atoms with E-state index in [-0.39, 0.29) is 0 Å². The molecule has 0 N–H and O–H groups in total. The smallest absolute Gasteiger partial charge is 0.153 e. The van der Waals surface area contributed by atoms with Gasteiger partial charge in [0, 0.05) is 10.6 Å².